The molecule has 1 aromatic carbocycles. The van der Waals surface area contributed by atoms with Crippen molar-refractivity contribution in [2.75, 3.05) is 6.61 Å². The number of aryl methyl sites for hydroxylation is 1. The zero-order chi connectivity index (χ0) is 13.8. The Labute approximate surface area is 126 Å². The van der Waals surface area contributed by atoms with Crippen LogP contribution in [-0.4, -0.2) is 24.6 Å². The minimum absolute atomic E-state index is 0. The highest BCUT2D eigenvalue weighted by Crippen LogP contribution is 2.28. The van der Waals surface area contributed by atoms with E-state index in [0.717, 1.165) is 25.0 Å². The van der Waals surface area contributed by atoms with Crippen molar-refractivity contribution in [2.24, 2.45) is 5.73 Å². The summed E-state index contributed by atoms with van der Waals surface area (Å²) in [4.78, 5) is 11.8. The van der Waals surface area contributed by atoms with Gasteiger partial charge in [-0.05, 0) is 32.3 Å². The molecular formula is C15H23ClN2O2. The van der Waals surface area contributed by atoms with Crippen molar-refractivity contribution in [3.63, 3.8) is 0 Å². The third kappa shape index (κ3) is 4.20. The fourth-order valence-electron chi connectivity index (χ4n) is 2.33. The number of benzene rings is 1. The molecule has 2 unspecified atom stereocenters. The summed E-state index contributed by atoms with van der Waals surface area (Å²) in [6.07, 6.45) is 1.82. The minimum Gasteiger partial charge on any atom is -0.371 e. The van der Waals surface area contributed by atoms with Gasteiger partial charge in [-0.15, -0.1) is 12.4 Å². The summed E-state index contributed by atoms with van der Waals surface area (Å²) >= 11 is 0. The Morgan fingerprint density at radius 1 is 1.40 bits per heavy atom. The highest BCUT2D eigenvalue weighted by atomic mass is 35.5. The standard InChI is InChI=1S/C15H22N2O2.ClH/c1-10-5-7-12(8-6-10)14-13(4-3-9-19-14)17-15(18)11(2)16;/h5-8,11,13-14H,3-4,9,16H2,1-2H3,(H,17,18);1H/t11-,13?,14?;/m0./s1. The lowest BCUT2D eigenvalue weighted by Gasteiger charge is -2.33. The molecule has 1 aliphatic heterocycles. The number of hydrogen-bond donors (Lipinski definition) is 2. The second-order valence-corrected chi connectivity index (χ2v) is 5.25. The van der Waals surface area contributed by atoms with Crippen LogP contribution in [0, 0.1) is 6.92 Å². The summed E-state index contributed by atoms with van der Waals surface area (Å²) in [6, 6.07) is 7.79. The fraction of sp³-hybridized carbons (Fsp3) is 0.533. The first-order valence-corrected chi connectivity index (χ1v) is 6.82. The van der Waals surface area contributed by atoms with Gasteiger partial charge in [-0.3, -0.25) is 4.79 Å². The van der Waals surface area contributed by atoms with Crippen molar-refractivity contribution in [3.8, 4) is 0 Å². The Hall–Kier alpha value is -1.10. The summed E-state index contributed by atoms with van der Waals surface area (Å²) in [5, 5.41) is 2.99. The van der Waals surface area contributed by atoms with Crippen molar-refractivity contribution in [1.29, 1.82) is 0 Å². The van der Waals surface area contributed by atoms with Crippen LogP contribution in [0.1, 0.15) is 37.0 Å². The zero-order valence-corrected chi connectivity index (χ0v) is 12.8. The van der Waals surface area contributed by atoms with Crippen LogP contribution >= 0.6 is 12.4 Å². The van der Waals surface area contributed by atoms with E-state index in [1.807, 2.05) is 0 Å². The van der Waals surface area contributed by atoms with Gasteiger partial charge in [-0.2, -0.15) is 0 Å². The van der Waals surface area contributed by atoms with E-state index in [2.05, 4.69) is 36.5 Å². The van der Waals surface area contributed by atoms with Crippen LogP contribution in [-0.2, 0) is 9.53 Å². The van der Waals surface area contributed by atoms with Crippen LogP contribution in [0.4, 0.5) is 0 Å². The fourth-order valence-corrected chi connectivity index (χ4v) is 2.33. The number of halogens is 1. The number of rotatable bonds is 3. The molecule has 0 bridgehead atoms. The van der Waals surface area contributed by atoms with Gasteiger partial charge < -0.3 is 15.8 Å². The summed E-state index contributed by atoms with van der Waals surface area (Å²) in [5.41, 5.74) is 7.93. The highest BCUT2D eigenvalue weighted by molar-refractivity contribution is 5.85. The van der Waals surface area contributed by atoms with Crippen molar-refractivity contribution in [2.45, 2.75) is 44.9 Å². The number of carbonyl (C=O) groups excluding carboxylic acids is 1. The monoisotopic (exact) mass is 298 g/mol. The Morgan fingerprint density at radius 2 is 2.05 bits per heavy atom. The lowest BCUT2D eigenvalue weighted by atomic mass is 9.95. The van der Waals surface area contributed by atoms with Crippen molar-refractivity contribution < 1.29 is 9.53 Å². The molecule has 1 saturated heterocycles. The number of hydrogen-bond acceptors (Lipinski definition) is 3. The second kappa shape index (κ2) is 7.62. The van der Waals surface area contributed by atoms with Crippen LogP contribution < -0.4 is 11.1 Å². The molecule has 0 saturated carbocycles. The summed E-state index contributed by atoms with van der Waals surface area (Å²) < 4.78 is 5.84. The molecule has 4 nitrogen and oxygen atoms in total. The molecule has 3 atom stereocenters. The van der Waals surface area contributed by atoms with E-state index in [4.69, 9.17) is 10.5 Å². The molecule has 2 rings (SSSR count). The Morgan fingerprint density at radius 3 is 2.65 bits per heavy atom. The smallest absolute Gasteiger partial charge is 0.236 e. The van der Waals surface area contributed by atoms with Gasteiger partial charge in [-0.25, -0.2) is 0 Å². The van der Waals surface area contributed by atoms with Crippen LogP contribution in [0.3, 0.4) is 0 Å². The quantitative estimate of drug-likeness (QED) is 0.898. The zero-order valence-electron chi connectivity index (χ0n) is 12.0. The maximum absolute atomic E-state index is 11.8. The highest BCUT2D eigenvalue weighted by Gasteiger charge is 2.29. The molecular weight excluding hydrogens is 276 g/mol. The first-order valence-electron chi connectivity index (χ1n) is 6.82. The van der Waals surface area contributed by atoms with E-state index in [-0.39, 0.29) is 30.5 Å². The van der Waals surface area contributed by atoms with Crippen LogP contribution in [0.5, 0.6) is 0 Å². The molecule has 0 aliphatic carbocycles. The third-order valence-corrected chi connectivity index (χ3v) is 3.47. The van der Waals surface area contributed by atoms with Gasteiger partial charge in [0.2, 0.25) is 5.91 Å². The second-order valence-electron chi connectivity index (χ2n) is 5.25. The van der Waals surface area contributed by atoms with E-state index in [1.54, 1.807) is 6.92 Å². The predicted octanol–water partition coefficient (Wildman–Crippen LogP) is 2.10. The molecule has 20 heavy (non-hydrogen) atoms. The average Bonchev–Trinajstić information content (AvgIpc) is 2.40. The molecule has 1 aliphatic rings. The Bertz CT molecular complexity index is 434. The van der Waals surface area contributed by atoms with Gasteiger partial charge in [0, 0.05) is 6.61 Å². The van der Waals surface area contributed by atoms with E-state index >= 15 is 0 Å². The SMILES string of the molecule is Cc1ccc(C2OCCCC2NC(=O)[C@H](C)N)cc1.Cl. The molecule has 1 heterocycles. The Kier molecular flexibility index (Phi) is 6.46. The molecule has 1 fully saturated rings. The van der Waals surface area contributed by atoms with Gasteiger partial charge >= 0.3 is 0 Å². The van der Waals surface area contributed by atoms with Crippen LogP contribution in [0.25, 0.3) is 0 Å². The lowest BCUT2D eigenvalue weighted by Crippen LogP contribution is -2.48. The molecule has 3 N–H and O–H groups in total. The maximum Gasteiger partial charge on any atom is 0.236 e. The molecule has 5 heteroatoms. The molecule has 0 spiro atoms. The maximum atomic E-state index is 11.8. The van der Waals surface area contributed by atoms with Gasteiger partial charge in [0.05, 0.1) is 12.1 Å². The summed E-state index contributed by atoms with van der Waals surface area (Å²) in [5.74, 6) is -0.118. The molecule has 1 amide bonds. The lowest BCUT2D eigenvalue weighted by molar-refractivity contribution is -0.125. The van der Waals surface area contributed by atoms with Crippen molar-refractivity contribution >= 4 is 18.3 Å². The molecule has 0 aromatic heterocycles. The summed E-state index contributed by atoms with van der Waals surface area (Å²) in [6.45, 7) is 4.49. The predicted molar refractivity (Wildman–Crippen MR) is 81.9 cm³/mol. The molecule has 112 valence electrons. The number of nitrogens with two attached hydrogens (primary N) is 1. The number of ether oxygens (including phenoxy) is 1. The number of nitrogens with one attached hydrogen (secondary N) is 1. The van der Waals surface area contributed by atoms with Gasteiger partial charge in [0.25, 0.3) is 0 Å². The van der Waals surface area contributed by atoms with E-state index in [0.29, 0.717) is 0 Å². The van der Waals surface area contributed by atoms with Crippen molar-refractivity contribution in [1.82, 2.24) is 5.32 Å². The van der Waals surface area contributed by atoms with Gasteiger partial charge in [-0.1, -0.05) is 29.8 Å². The molecule has 1 aromatic rings. The van der Waals surface area contributed by atoms with Gasteiger partial charge in [0.15, 0.2) is 0 Å². The number of carbonyl (C=O) groups is 1. The van der Waals surface area contributed by atoms with E-state index in [1.165, 1.54) is 5.56 Å². The third-order valence-electron chi connectivity index (χ3n) is 3.47. The van der Waals surface area contributed by atoms with E-state index < -0.39 is 6.04 Å². The molecule has 0 radical (unpaired) electrons. The minimum atomic E-state index is -0.486. The summed E-state index contributed by atoms with van der Waals surface area (Å²) in [7, 11) is 0. The van der Waals surface area contributed by atoms with Gasteiger partial charge in [0.1, 0.15) is 6.10 Å². The first kappa shape index (κ1) is 17.0. The van der Waals surface area contributed by atoms with Crippen LogP contribution in [0.15, 0.2) is 24.3 Å². The average molecular weight is 299 g/mol. The normalized spacial score (nSPS) is 23.6. The first-order chi connectivity index (χ1) is 9.08. The van der Waals surface area contributed by atoms with Crippen LogP contribution in [0.2, 0.25) is 0 Å². The Balaban J connectivity index is 0.00000200. The topological polar surface area (TPSA) is 64.3 Å². The number of amides is 1. The van der Waals surface area contributed by atoms with Crippen molar-refractivity contribution in [3.05, 3.63) is 35.4 Å². The largest absolute Gasteiger partial charge is 0.371 e. The van der Waals surface area contributed by atoms with E-state index in [9.17, 15) is 4.79 Å².